The van der Waals surface area contributed by atoms with Crippen molar-refractivity contribution >= 4 is 47.2 Å². The summed E-state index contributed by atoms with van der Waals surface area (Å²) in [6, 6.07) is 12.7. The minimum atomic E-state index is -0.274. The Bertz CT molecular complexity index is 1470. The fraction of sp³-hybridized carbons (Fsp3) is 0.429. The van der Waals surface area contributed by atoms with E-state index in [1.807, 2.05) is 56.6 Å². The normalized spacial score (nSPS) is 14.2. The fourth-order valence-corrected chi connectivity index (χ4v) is 4.91. The summed E-state index contributed by atoms with van der Waals surface area (Å²) in [5.41, 5.74) is 4.25. The molecule has 1 unspecified atom stereocenters. The van der Waals surface area contributed by atoms with Gasteiger partial charge in [0, 0.05) is 56.9 Å². The van der Waals surface area contributed by atoms with Gasteiger partial charge in [-0.3, -0.25) is 19.4 Å². The van der Waals surface area contributed by atoms with E-state index in [0.29, 0.717) is 41.6 Å². The number of carbonyl (C=O) groups is 3. The lowest BCUT2D eigenvalue weighted by atomic mass is 10.0. The molecule has 3 N–H and O–H groups in total. The van der Waals surface area contributed by atoms with Crippen LogP contribution in [0.3, 0.4) is 0 Å². The molecule has 1 aliphatic rings. The van der Waals surface area contributed by atoms with Gasteiger partial charge in [0.15, 0.2) is 11.5 Å². The third kappa shape index (κ3) is 10.4. The number of likely N-dealkylation sites (tertiary alicyclic amines) is 1. The number of nitrogens with one attached hydrogen (secondary N) is 3. The molecule has 248 valence electrons. The summed E-state index contributed by atoms with van der Waals surface area (Å²) in [5.74, 6) is 0.665. The number of aliphatic imine (C=N–C) groups is 1. The molecule has 3 aromatic rings. The molecular weight excluding hydrogens is 584 g/mol. The standard InChI is InChI=1S/C32H40N6O5.C3H8/c1-22-16-29(42-4)30(18-27(22)34-19-26-8-5-6-14-38(26)21-39)43-15-7-9-31(40)35-25-17-28(37(3)20-25)32(41)36-24-12-10-23(33-2)11-13-24;1-3-2/h10-13,16-21,26,33H,5-9,14-15H2,1-4H3,(H,35,40)(H,36,41);3H2,1-2H3. The lowest BCUT2D eigenvalue weighted by Crippen LogP contribution is -2.39. The first-order chi connectivity index (χ1) is 22.2. The van der Waals surface area contributed by atoms with Crippen LogP contribution in [0.5, 0.6) is 11.5 Å². The van der Waals surface area contributed by atoms with Gasteiger partial charge in [-0.2, -0.15) is 0 Å². The van der Waals surface area contributed by atoms with Gasteiger partial charge in [0.2, 0.25) is 12.3 Å². The van der Waals surface area contributed by atoms with Gasteiger partial charge >= 0.3 is 0 Å². The zero-order chi connectivity index (χ0) is 33.5. The molecule has 2 heterocycles. The lowest BCUT2D eigenvalue weighted by Gasteiger charge is -2.29. The van der Waals surface area contributed by atoms with Crippen LogP contribution in [0.1, 0.15) is 68.4 Å². The Balaban J connectivity index is 0.00000185. The maximum atomic E-state index is 12.8. The highest BCUT2D eigenvalue weighted by molar-refractivity contribution is 6.04. The summed E-state index contributed by atoms with van der Waals surface area (Å²) in [6.07, 6.45) is 9.35. The number of carbonyl (C=O) groups excluding carboxylic acids is 3. The molecule has 0 saturated carbocycles. The van der Waals surface area contributed by atoms with Crippen molar-refractivity contribution in [3.63, 3.8) is 0 Å². The minimum absolute atomic E-state index is 0.0126. The van der Waals surface area contributed by atoms with E-state index in [9.17, 15) is 14.4 Å². The van der Waals surface area contributed by atoms with E-state index >= 15 is 0 Å². The number of amides is 3. The second kappa shape index (κ2) is 18.2. The molecule has 0 aliphatic carbocycles. The number of rotatable bonds is 13. The smallest absolute Gasteiger partial charge is 0.272 e. The van der Waals surface area contributed by atoms with Gasteiger partial charge in [0.05, 0.1) is 31.1 Å². The van der Waals surface area contributed by atoms with Crippen molar-refractivity contribution in [1.82, 2.24) is 9.47 Å². The molecule has 11 nitrogen and oxygen atoms in total. The first kappa shape index (κ1) is 35.7. The number of hydrogen-bond acceptors (Lipinski definition) is 7. The Kier molecular flexibility index (Phi) is 14.1. The summed E-state index contributed by atoms with van der Waals surface area (Å²) in [6.45, 7) is 7.24. The van der Waals surface area contributed by atoms with Gasteiger partial charge in [-0.05, 0) is 74.6 Å². The van der Waals surface area contributed by atoms with Gasteiger partial charge in [0.25, 0.3) is 5.91 Å². The zero-order valence-electron chi connectivity index (χ0n) is 27.9. The number of methoxy groups -OCH3 is 1. The second-order valence-corrected chi connectivity index (χ2v) is 11.2. The highest BCUT2D eigenvalue weighted by atomic mass is 16.5. The topological polar surface area (TPSA) is 126 Å². The molecule has 0 radical (unpaired) electrons. The van der Waals surface area contributed by atoms with E-state index in [1.54, 1.807) is 35.9 Å². The van der Waals surface area contributed by atoms with Crippen LogP contribution < -0.4 is 25.4 Å². The van der Waals surface area contributed by atoms with Crippen molar-refractivity contribution in [3.05, 3.63) is 59.9 Å². The maximum absolute atomic E-state index is 12.8. The molecular formula is C35H48N6O5. The molecule has 3 amide bonds. The molecule has 0 bridgehead atoms. The van der Waals surface area contributed by atoms with Crippen LogP contribution in [0.4, 0.5) is 22.7 Å². The number of ether oxygens (including phenoxy) is 2. The molecule has 46 heavy (non-hydrogen) atoms. The summed E-state index contributed by atoms with van der Waals surface area (Å²) in [7, 11) is 5.16. The predicted molar refractivity (Wildman–Crippen MR) is 185 cm³/mol. The molecule has 4 rings (SSSR count). The highest BCUT2D eigenvalue weighted by Crippen LogP contribution is 2.35. The van der Waals surface area contributed by atoms with Gasteiger partial charge < -0.3 is 34.9 Å². The van der Waals surface area contributed by atoms with E-state index in [4.69, 9.17) is 9.47 Å². The molecule has 1 aliphatic heterocycles. The van der Waals surface area contributed by atoms with Crippen molar-refractivity contribution in [2.24, 2.45) is 12.0 Å². The number of nitrogens with zero attached hydrogens (tertiary/aromatic N) is 3. The number of hydrogen-bond donors (Lipinski definition) is 3. The Morgan fingerprint density at radius 1 is 1.02 bits per heavy atom. The van der Waals surface area contributed by atoms with Crippen molar-refractivity contribution in [2.45, 2.75) is 65.3 Å². The monoisotopic (exact) mass is 632 g/mol. The average Bonchev–Trinajstić information content (AvgIpc) is 3.43. The Labute approximate surface area is 272 Å². The van der Waals surface area contributed by atoms with Crippen LogP contribution in [0.15, 0.2) is 53.7 Å². The van der Waals surface area contributed by atoms with E-state index in [2.05, 4.69) is 34.8 Å². The van der Waals surface area contributed by atoms with Crippen molar-refractivity contribution in [1.29, 1.82) is 0 Å². The second-order valence-electron chi connectivity index (χ2n) is 11.2. The molecule has 11 heteroatoms. The van der Waals surface area contributed by atoms with Crippen LogP contribution in [0.25, 0.3) is 0 Å². The van der Waals surface area contributed by atoms with Crippen molar-refractivity contribution < 1.29 is 23.9 Å². The van der Waals surface area contributed by atoms with Gasteiger partial charge in [-0.1, -0.05) is 20.3 Å². The minimum Gasteiger partial charge on any atom is -0.493 e. The van der Waals surface area contributed by atoms with Crippen LogP contribution >= 0.6 is 0 Å². The predicted octanol–water partition coefficient (Wildman–Crippen LogP) is 6.56. The van der Waals surface area contributed by atoms with Crippen LogP contribution in [0, 0.1) is 6.92 Å². The first-order valence-corrected chi connectivity index (χ1v) is 15.8. The molecule has 2 aromatic carbocycles. The zero-order valence-corrected chi connectivity index (χ0v) is 27.9. The summed E-state index contributed by atoms with van der Waals surface area (Å²) >= 11 is 0. The third-order valence-electron chi connectivity index (χ3n) is 7.35. The van der Waals surface area contributed by atoms with Crippen LogP contribution in [-0.4, -0.2) is 67.3 Å². The van der Waals surface area contributed by atoms with E-state index < -0.39 is 0 Å². The number of piperidine rings is 1. The van der Waals surface area contributed by atoms with E-state index in [-0.39, 0.29) is 24.3 Å². The van der Waals surface area contributed by atoms with E-state index in [0.717, 1.165) is 49.2 Å². The Hall–Kier alpha value is -4.80. The molecule has 1 aromatic heterocycles. The Morgan fingerprint density at radius 2 is 1.74 bits per heavy atom. The molecule has 1 fully saturated rings. The number of anilines is 3. The third-order valence-corrected chi connectivity index (χ3v) is 7.35. The van der Waals surface area contributed by atoms with Gasteiger partial charge in [-0.15, -0.1) is 0 Å². The maximum Gasteiger partial charge on any atom is 0.272 e. The summed E-state index contributed by atoms with van der Waals surface area (Å²) in [4.78, 5) is 43.2. The van der Waals surface area contributed by atoms with Crippen molar-refractivity contribution in [2.75, 3.05) is 43.3 Å². The van der Waals surface area contributed by atoms with E-state index in [1.165, 1.54) is 6.42 Å². The van der Waals surface area contributed by atoms with Gasteiger partial charge in [-0.25, -0.2) is 0 Å². The summed E-state index contributed by atoms with van der Waals surface area (Å²) in [5, 5.41) is 8.76. The average molecular weight is 633 g/mol. The highest BCUT2D eigenvalue weighted by Gasteiger charge is 2.19. The molecule has 0 spiro atoms. The summed E-state index contributed by atoms with van der Waals surface area (Å²) < 4.78 is 13.1. The van der Waals surface area contributed by atoms with Crippen molar-refractivity contribution in [3.8, 4) is 11.5 Å². The van der Waals surface area contributed by atoms with Crippen LogP contribution in [-0.2, 0) is 16.6 Å². The first-order valence-electron chi connectivity index (χ1n) is 15.8. The lowest BCUT2D eigenvalue weighted by molar-refractivity contribution is -0.120. The Morgan fingerprint density at radius 3 is 2.41 bits per heavy atom. The fourth-order valence-electron chi connectivity index (χ4n) is 4.91. The van der Waals surface area contributed by atoms with Crippen LogP contribution in [0.2, 0.25) is 0 Å². The molecule has 1 atom stereocenters. The number of aromatic nitrogens is 1. The largest absolute Gasteiger partial charge is 0.493 e. The molecule has 1 saturated heterocycles. The SMILES string of the molecule is CCC.CNc1ccc(NC(=O)c2cc(NC(=O)CCCOc3cc(N=CC4CCCCN4C=O)c(C)cc3OC)cn2C)cc1. The number of benzene rings is 2. The van der Waals surface area contributed by atoms with Gasteiger partial charge in [0.1, 0.15) is 5.69 Å². The number of aryl methyl sites for hydroxylation is 2. The quantitative estimate of drug-likeness (QED) is 0.111.